The molecule has 35 heavy (non-hydrogen) atoms. The molecule has 2 aromatic rings. The zero-order chi connectivity index (χ0) is 25.3. The average molecular weight is 506 g/mol. The summed E-state index contributed by atoms with van der Waals surface area (Å²) >= 11 is 0. The molecule has 1 aromatic carbocycles. The van der Waals surface area contributed by atoms with Crippen LogP contribution in [0.1, 0.15) is 35.2 Å². The largest absolute Gasteiger partial charge is 0.505 e. The van der Waals surface area contributed by atoms with Crippen LogP contribution in [0.3, 0.4) is 0 Å². The molecule has 0 spiro atoms. The fraction of sp³-hybridized carbons (Fsp3) is 0.435. The Kier molecular flexibility index (Phi) is 6.95. The number of halogens is 1. The first-order valence-corrected chi connectivity index (χ1v) is 12.9. The van der Waals surface area contributed by atoms with Crippen LogP contribution in [0, 0.1) is 12.7 Å². The van der Waals surface area contributed by atoms with E-state index in [-0.39, 0.29) is 35.8 Å². The first kappa shape index (κ1) is 24.9. The summed E-state index contributed by atoms with van der Waals surface area (Å²) < 4.78 is 41.0. The Bertz CT molecular complexity index is 1340. The van der Waals surface area contributed by atoms with Gasteiger partial charge >= 0.3 is 0 Å². The van der Waals surface area contributed by atoms with E-state index in [9.17, 15) is 27.5 Å². The van der Waals surface area contributed by atoms with E-state index in [0.717, 1.165) is 4.68 Å². The normalized spacial score (nSPS) is 20.0. The van der Waals surface area contributed by atoms with Crippen LogP contribution >= 0.6 is 0 Å². The van der Waals surface area contributed by atoms with Gasteiger partial charge in [-0.2, -0.15) is 9.40 Å². The summed E-state index contributed by atoms with van der Waals surface area (Å²) in [5.74, 6) is -1.37. The van der Waals surface area contributed by atoms with Crippen molar-refractivity contribution in [3.05, 3.63) is 68.5 Å². The number of benzene rings is 1. The van der Waals surface area contributed by atoms with Gasteiger partial charge in [-0.15, -0.1) is 0 Å². The summed E-state index contributed by atoms with van der Waals surface area (Å²) in [6.45, 7) is 2.64. The van der Waals surface area contributed by atoms with Crippen LogP contribution in [0.15, 0.2) is 34.8 Å². The van der Waals surface area contributed by atoms with Gasteiger partial charge in [0.1, 0.15) is 11.5 Å². The maximum Gasteiger partial charge on any atom is 0.278 e. The van der Waals surface area contributed by atoms with Gasteiger partial charge in [-0.25, -0.2) is 17.5 Å². The molecule has 0 atom stereocenters. The molecule has 2 N–H and O–H groups in total. The van der Waals surface area contributed by atoms with Crippen LogP contribution in [0.5, 0.6) is 0 Å². The highest BCUT2D eigenvalue weighted by atomic mass is 32.2. The molecule has 2 aliphatic heterocycles. The average Bonchev–Trinajstić information content (AvgIpc) is 2.81. The lowest BCUT2D eigenvalue weighted by molar-refractivity contribution is -0.127. The lowest BCUT2D eigenvalue weighted by Gasteiger charge is -2.28. The van der Waals surface area contributed by atoms with Crippen molar-refractivity contribution in [2.24, 2.45) is 0 Å². The molecule has 3 heterocycles. The second-order valence-corrected chi connectivity index (χ2v) is 10.9. The van der Waals surface area contributed by atoms with Gasteiger partial charge in [0.2, 0.25) is 10.0 Å². The number of piperazine rings is 1. The lowest BCUT2D eigenvalue weighted by atomic mass is 10.0. The number of aromatic nitrogens is 2. The molecule has 0 bridgehead atoms. The number of hydrogen-bond donors (Lipinski definition) is 2. The molecular weight excluding hydrogens is 477 g/mol. The Morgan fingerprint density at radius 2 is 1.86 bits per heavy atom. The Labute approximate surface area is 202 Å². The Balaban J connectivity index is 1.85. The van der Waals surface area contributed by atoms with E-state index in [1.54, 1.807) is 14.0 Å². The molecular formula is C23H28FN5O5S. The third-order valence-corrected chi connectivity index (χ3v) is 8.21. The van der Waals surface area contributed by atoms with Gasteiger partial charge in [-0.3, -0.25) is 9.59 Å². The van der Waals surface area contributed by atoms with E-state index >= 15 is 0 Å². The van der Waals surface area contributed by atoms with E-state index in [0.29, 0.717) is 43.6 Å². The van der Waals surface area contributed by atoms with Gasteiger partial charge in [0, 0.05) is 26.7 Å². The number of aliphatic hydroxyl groups is 1. The second-order valence-electron chi connectivity index (χ2n) is 8.77. The second kappa shape index (κ2) is 9.78. The van der Waals surface area contributed by atoms with E-state index in [1.165, 1.54) is 33.5 Å². The third kappa shape index (κ3) is 5.08. The number of amides is 1. The Morgan fingerprint density at radius 1 is 1.14 bits per heavy atom. The molecule has 0 radical (unpaired) electrons. The molecule has 4 rings (SSSR count). The van der Waals surface area contributed by atoms with Crippen LogP contribution in [0.2, 0.25) is 0 Å². The zero-order valence-electron chi connectivity index (χ0n) is 19.6. The molecule has 2 saturated heterocycles. The van der Waals surface area contributed by atoms with Crippen LogP contribution in [-0.2, 0) is 27.9 Å². The van der Waals surface area contributed by atoms with Crippen molar-refractivity contribution in [3.8, 4) is 0 Å². The highest BCUT2D eigenvalue weighted by Gasteiger charge is 2.30. The van der Waals surface area contributed by atoms with Gasteiger partial charge in [0.25, 0.3) is 11.5 Å². The third-order valence-electron chi connectivity index (χ3n) is 6.31. The van der Waals surface area contributed by atoms with Crippen molar-refractivity contribution in [1.29, 1.82) is 0 Å². The van der Waals surface area contributed by atoms with Gasteiger partial charge in [0.15, 0.2) is 5.76 Å². The molecule has 0 aliphatic carbocycles. The number of hydrogen-bond acceptors (Lipinski definition) is 7. The number of nitrogens with one attached hydrogen (secondary N) is 1. The molecule has 188 valence electrons. The number of nitrogens with zero attached hydrogens (tertiary/aromatic N) is 4. The lowest BCUT2D eigenvalue weighted by Crippen LogP contribution is -2.45. The standard InChI is InChI=1S/C23H28FN5O5S/c1-15-18(14-28-10-3-4-12-35(28,33)34)26-29(13-16-5-7-17(24)8-6-16)22(31)19(15)21(30)20-23(32)27(2)11-9-25-20/h5-8,25,30H,3-4,9-14H2,1-2H3/b21-20+. The predicted octanol–water partition coefficient (Wildman–Crippen LogP) is 0.953. The van der Waals surface area contributed by atoms with Crippen molar-refractivity contribution in [1.82, 2.24) is 24.3 Å². The number of aliphatic hydroxyl groups excluding tert-OH is 1. The summed E-state index contributed by atoms with van der Waals surface area (Å²) in [7, 11) is -1.89. The van der Waals surface area contributed by atoms with Crippen molar-refractivity contribution < 1.29 is 22.7 Å². The summed E-state index contributed by atoms with van der Waals surface area (Å²) in [6.07, 6.45) is 1.29. The maximum atomic E-state index is 13.5. The monoisotopic (exact) mass is 505 g/mol. The van der Waals surface area contributed by atoms with Crippen molar-refractivity contribution in [3.63, 3.8) is 0 Å². The van der Waals surface area contributed by atoms with Crippen molar-refractivity contribution in [2.45, 2.75) is 32.9 Å². The van der Waals surface area contributed by atoms with Crippen LogP contribution in [0.25, 0.3) is 5.76 Å². The molecule has 0 unspecified atom stereocenters. The summed E-state index contributed by atoms with van der Waals surface area (Å²) in [5.41, 5.74) is 0.290. The minimum atomic E-state index is -3.48. The number of rotatable bonds is 5. The fourth-order valence-corrected chi connectivity index (χ4v) is 5.76. The smallest absolute Gasteiger partial charge is 0.278 e. The maximum absolute atomic E-state index is 13.5. The molecule has 0 saturated carbocycles. The number of likely N-dealkylation sites (N-methyl/N-ethyl adjacent to an activating group) is 1. The fourth-order valence-electron chi connectivity index (χ4n) is 4.21. The minimum absolute atomic E-state index is 0.0317. The minimum Gasteiger partial charge on any atom is -0.505 e. The highest BCUT2D eigenvalue weighted by molar-refractivity contribution is 7.89. The Hall–Kier alpha value is -3.25. The molecule has 2 fully saturated rings. The van der Waals surface area contributed by atoms with Gasteiger partial charge in [-0.1, -0.05) is 12.1 Å². The topological polar surface area (TPSA) is 125 Å². The van der Waals surface area contributed by atoms with E-state index < -0.39 is 33.1 Å². The number of sulfonamides is 1. The predicted molar refractivity (Wildman–Crippen MR) is 127 cm³/mol. The quantitative estimate of drug-likeness (QED) is 0.458. The summed E-state index contributed by atoms with van der Waals surface area (Å²) in [6, 6.07) is 5.54. The van der Waals surface area contributed by atoms with Crippen molar-refractivity contribution in [2.75, 3.05) is 32.4 Å². The van der Waals surface area contributed by atoms with Crippen LogP contribution in [0.4, 0.5) is 4.39 Å². The molecule has 12 heteroatoms. The van der Waals surface area contributed by atoms with Crippen molar-refractivity contribution >= 4 is 21.7 Å². The SMILES string of the molecule is Cc1c(CN2CCCCS2(=O)=O)nn(Cc2ccc(F)cc2)c(=O)c1/C(O)=C1\NCCN(C)C1=O. The van der Waals surface area contributed by atoms with Gasteiger partial charge in [0.05, 0.1) is 30.1 Å². The van der Waals surface area contributed by atoms with Crippen LogP contribution in [-0.4, -0.2) is 70.9 Å². The summed E-state index contributed by atoms with van der Waals surface area (Å²) in [5, 5.41) is 18.4. The van der Waals surface area contributed by atoms with Gasteiger partial charge < -0.3 is 15.3 Å². The van der Waals surface area contributed by atoms with E-state index in [1.807, 2.05) is 0 Å². The highest BCUT2D eigenvalue weighted by Crippen LogP contribution is 2.23. The molecule has 10 nitrogen and oxygen atoms in total. The van der Waals surface area contributed by atoms with Crippen LogP contribution < -0.4 is 10.9 Å². The molecule has 1 aromatic heterocycles. The number of carbonyl (C=O) groups is 1. The zero-order valence-corrected chi connectivity index (χ0v) is 20.4. The first-order chi connectivity index (χ1) is 16.6. The molecule has 1 amide bonds. The van der Waals surface area contributed by atoms with Gasteiger partial charge in [-0.05, 0) is 43.0 Å². The summed E-state index contributed by atoms with van der Waals surface area (Å²) in [4.78, 5) is 27.5. The van der Waals surface area contributed by atoms with E-state index in [4.69, 9.17) is 0 Å². The first-order valence-electron chi connectivity index (χ1n) is 11.3. The molecule has 2 aliphatic rings. The Morgan fingerprint density at radius 3 is 2.54 bits per heavy atom. The number of carbonyl (C=O) groups excluding carboxylic acids is 1. The van der Waals surface area contributed by atoms with E-state index in [2.05, 4.69) is 10.4 Å².